The maximum atomic E-state index is 13.4. The minimum absolute atomic E-state index is 0.139. The summed E-state index contributed by atoms with van der Waals surface area (Å²) in [7, 11) is -4.11. The van der Waals surface area contributed by atoms with Gasteiger partial charge in [-0.2, -0.15) is 0 Å². The third kappa shape index (κ3) is 5.81. The van der Waals surface area contributed by atoms with Crippen LogP contribution in [0.15, 0.2) is 59.5 Å². The number of amides is 1. The van der Waals surface area contributed by atoms with Crippen molar-refractivity contribution in [3.63, 3.8) is 0 Å². The lowest BCUT2D eigenvalue weighted by Crippen LogP contribution is -2.46. The van der Waals surface area contributed by atoms with Crippen LogP contribution in [0.2, 0.25) is 0 Å². The van der Waals surface area contributed by atoms with E-state index in [1.807, 2.05) is 50.2 Å². The number of hydrogen-bond donors (Lipinski definition) is 1. The van der Waals surface area contributed by atoms with Crippen LogP contribution >= 0.6 is 0 Å². The summed E-state index contributed by atoms with van der Waals surface area (Å²) in [5, 5.41) is 0. The van der Waals surface area contributed by atoms with E-state index in [1.54, 1.807) is 32.0 Å². The molecule has 0 unspecified atom stereocenters. The molecule has 3 aromatic rings. The largest absolute Gasteiger partial charge is 0.456 e. The summed E-state index contributed by atoms with van der Waals surface area (Å²) in [6, 6.07) is 16.3. The first kappa shape index (κ1) is 26.7. The molecule has 1 heterocycles. The van der Waals surface area contributed by atoms with Crippen LogP contribution in [0.3, 0.4) is 0 Å². The number of benzene rings is 3. The molecule has 0 radical (unpaired) electrons. The fourth-order valence-electron chi connectivity index (χ4n) is 4.82. The van der Waals surface area contributed by atoms with Gasteiger partial charge in [-0.3, -0.25) is 4.79 Å². The Hall–Kier alpha value is -3.36. The van der Waals surface area contributed by atoms with E-state index in [0.29, 0.717) is 22.6 Å². The normalized spacial score (nSPS) is 14.5. The minimum atomic E-state index is -4.11. The van der Waals surface area contributed by atoms with E-state index in [0.717, 1.165) is 49.5 Å². The standard InChI is InChI=1S/C29H35N3O4S/c1-6-31-14-16-32(17-15-31)24-12-13-26(27(19-24)36-25-10-8-7-9-11-25)29(33)30-37(34,35)28-21(3)18-20(2)22(4)23(28)5/h7-13,18-19H,6,14-17H2,1-5H3,(H,30,33). The lowest BCUT2D eigenvalue weighted by molar-refractivity contribution is 0.0979. The predicted octanol–water partition coefficient (Wildman–Crippen LogP) is 4.97. The van der Waals surface area contributed by atoms with Gasteiger partial charge in [-0.25, -0.2) is 13.1 Å². The fraction of sp³-hybridized carbons (Fsp3) is 0.345. The minimum Gasteiger partial charge on any atom is -0.456 e. The zero-order chi connectivity index (χ0) is 26.7. The second kappa shape index (κ2) is 10.9. The number of hydrogen-bond acceptors (Lipinski definition) is 6. The molecule has 0 saturated carbocycles. The molecule has 0 bridgehead atoms. The molecule has 1 aliphatic heterocycles. The Balaban J connectivity index is 1.67. The number of nitrogens with one attached hydrogen (secondary N) is 1. The van der Waals surface area contributed by atoms with Crippen LogP contribution in [-0.2, 0) is 10.0 Å². The van der Waals surface area contributed by atoms with Crippen LogP contribution in [0.25, 0.3) is 0 Å². The van der Waals surface area contributed by atoms with E-state index in [9.17, 15) is 13.2 Å². The molecule has 1 amide bonds. The third-order valence-corrected chi connectivity index (χ3v) is 8.77. The van der Waals surface area contributed by atoms with Crippen molar-refractivity contribution in [3.05, 3.63) is 82.4 Å². The van der Waals surface area contributed by atoms with Crippen LogP contribution in [-0.4, -0.2) is 51.9 Å². The summed E-state index contributed by atoms with van der Waals surface area (Å²) < 4.78 is 35.2. The summed E-state index contributed by atoms with van der Waals surface area (Å²) in [4.78, 5) is 18.2. The number of sulfonamides is 1. The zero-order valence-corrected chi connectivity index (χ0v) is 23.0. The van der Waals surface area contributed by atoms with E-state index in [1.165, 1.54) is 0 Å². The molecular weight excluding hydrogens is 486 g/mol. The highest BCUT2D eigenvalue weighted by Gasteiger charge is 2.27. The molecule has 8 heteroatoms. The number of rotatable bonds is 7. The van der Waals surface area contributed by atoms with Crippen molar-refractivity contribution in [2.45, 2.75) is 39.5 Å². The van der Waals surface area contributed by atoms with E-state index >= 15 is 0 Å². The Morgan fingerprint density at radius 3 is 2.22 bits per heavy atom. The summed E-state index contributed by atoms with van der Waals surface area (Å²) in [5.74, 6) is 0.140. The Kier molecular flexibility index (Phi) is 7.90. The van der Waals surface area contributed by atoms with Crippen molar-refractivity contribution in [2.75, 3.05) is 37.6 Å². The van der Waals surface area contributed by atoms with E-state index < -0.39 is 15.9 Å². The van der Waals surface area contributed by atoms with Crippen LogP contribution in [0.5, 0.6) is 11.5 Å². The number of piperazine rings is 1. The maximum Gasteiger partial charge on any atom is 0.268 e. The van der Waals surface area contributed by atoms with Gasteiger partial charge < -0.3 is 14.5 Å². The molecule has 1 N–H and O–H groups in total. The number of para-hydroxylation sites is 1. The van der Waals surface area contributed by atoms with Crippen molar-refractivity contribution in [3.8, 4) is 11.5 Å². The van der Waals surface area contributed by atoms with Gasteiger partial charge in [0.05, 0.1) is 10.5 Å². The highest BCUT2D eigenvalue weighted by Crippen LogP contribution is 2.32. The Labute approximate surface area is 220 Å². The summed E-state index contributed by atoms with van der Waals surface area (Å²) in [5.41, 5.74) is 4.22. The van der Waals surface area contributed by atoms with Crippen molar-refractivity contribution >= 4 is 21.6 Å². The number of likely N-dealkylation sites (N-methyl/N-ethyl adjacent to an activating group) is 1. The average Bonchev–Trinajstić information content (AvgIpc) is 2.87. The molecule has 0 atom stereocenters. The molecule has 0 aromatic heterocycles. The molecule has 196 valence electrons. The van der Waals surface area contributed by atoms with Crippen LogP contribution in [0.1, 0.15) is 39.5 Å². The lowest BCUT2D eigenvalue weighted by atomic mass is 10.0. The summed E-state index contributed by atoms with van der Waals surface area (Å²) in [6.45, 7) is 14.2. The van der Waals surface area contributed by atoms with Gasteiger partial charge in [0, 0.05) is 37.9 Å². The van der Waals surface area contributed by atoms with Gasteiger partial charge in [0.15, 0.2) is 0 Å². The Bertz CT molecular complexity index is 1400. The molecule has 0 aliphatic carbocycles. The first-order valence-corrected chi connectivity index (χ1v) is 14.1. The average molecular weight is 522 g/mol. The van der Waals surface area contributed by atoms with Gasteiger partial charge in [0.25, 0.3) is 15.9 Å². The van der Waals surface area contributed by atoms with Crippen LogP contribution in [0.4, 0.5) is 5.69 Å². The van der Waals surface area contributed by atoms with E-state index in [4.69, 9.17) is 4.74 Å². The molecular formula is C29H35N3O4S. The molecule has 37 heavy (non-hydrogen) atoms. The number of aryl methyl sites for hydroxylation is 2. The lowest BCUT2D eigenvalue weighted by Gasteiger charge is -2.35. The SMILES string of the molecule is CCN1CCN(c2ccc(C(=O)NS(=O)(=O)c3c(C)cc(C)c(C)c3C)c(Oc3ccccc3)c2)CC1. The van der Waals surface area contributed by atoms with Crippen LogP contribution < -0.4 is 14.4 Å². The van der Waals surface area contributed by atoms with Gasteiger partial charge in [-0.15, -0.1) is 0 Å². The highest BCUT2D eigenvalue weighted by atomic mass is 32.2. The molecule has 1 fully saturated rings. The Morgan fingerprint density at radius 2 is 1.57 bits per heavy atom. The monoisotopic (exact) mass is 521 g/mol. The fourth-order valence-corrected chi connectivity index (χ4v) is 6.31. The second-order valence-electron chi connectivity index (χ2n) is 9.54. The third-order valence-electron chi connectivity index (χ3n) is 7.15. The first-order chi connectivity index (χ1) is 17.6. The first-order valence-electron chi connectivity index (χ1n) is 12.6. The number of carbonyl (C=O) groups excluding carboxylic acids is 1. The second-order valence-corrected chi connectivity index (χ2v) is 11.2. The molecule has 0 spiro atoms. The predicted molar refractivity (Wildman–Crippen MR) is 147 cm³/mol. The van der Waals surface area contributed by atoms with Gasteiger partial charge in [0.2, 0.25) is 0 Å². The van der Waals surface area contributed by atoms with Crippen molar-refractivity contribution < 1.29 is 17.9 Å². The van der Waals surface area contributed by atoms with Gasteiger partial charge in [-0.05, 0) is 80.8 Å². The molecule has 1 saturated heterocycles. The van der Waals surface area contributed by atoms with Gasteiger partial charge >= 0.3 is 0 Å². The van der Waals surface area contributed by atoms with Crippen molar-refractivity contribution in [1.29, 1.82) is 0 Å². The highest BCUT2D eigenvalue weighted by molar-refractivity contribution is 7.90. The molecule has 7 nitrogen and oxygen atoms in total. The van der Waals surface area contributed by atoms with Gasteiger partial charge in [-0.1, -0.05) is 31.2 Å². The van der Waals surface area contributed by atoms with Crippen molar-refractivity contribution in [1.82, 2.24) is 9.62 Å². The topological polar surface area (TPSA) is 79.0 Å². The molecule has 4 rings (SSSR count). The molecule has 1 aliphatic rings. The number of nitrogens with zero attached hydrogens (tertiary/aromatic N) is 2. The van der Waals surface area contributed by atoms with Gasteiger partial charge in [0.1, 0.15) is 11.5 Å². The quantitative estimate of drug-likeness (QED) is 0.473. The number of carbonyl (C=O) groups is 1. The summed E-state index contributed by atoms with van der Waals surface area (Å²) in [6.07, 6.45) is 0. The van der Waals surface area contributed by atoms with Crippen molar-refractivity contribution in [2.24, 2.45) is 0 Å². The number of anilines is 1. The van der Waals surface area contributed by atoms with E-state index in [2.05, 4.69) is 21.4 Å². The Morgan fingerprint density at radius 1 is 0.892 bits per heavy atom. The maximum absolute atomic E-state index is 13.4. The molecule has 3 aromatic carbocycles. The summed E-state index contributed by atoms with van der Waals surface area (Å²) >= 11 is 0. The zero-order valence-electron chi connectivity index (χ0n) is 22.2. The van der Waals surface area contributed by atoms with E-state index in [-0.39, 0.29) is 10.5 Å². The smallest absolute Gasteiger partial charge is 0.268 e. The van der Waals surface area contributed by atoms with Crippen LogP contribution in [0, 0.1) is 27.7 Å². The number of ether oxygens (including phenoxy) is 1.